The Kier molecular flexibility index (Phi) is 2.76. The van der Waals surface area contributed by atoms with Crippen LogP contribution in [0.5, 0.6) is 0 Å². The molecule has 2 nitrogen and oxygen atoms in total. The van der Waals surface area contributed by atoms with E-state index in [2.05, 4.69) is 91.5 Å². The fourth-order valence-corrected chi connectivity index (χ4v) is 5.90. The topological polar surface area (TPSA) is 17.0 Å². The van der Waals surface area contributed by atoms with Gasteiger partial charge in [-0.25, -0.2) is 0 Å². The molecule has 0 unspecified atom stereocenters. The van der Waals surface area contributed by atoms with Crippen molar-refractivity contribution in [3.05, 3.63) is 112 Å². The number of hydrogen-bond acceptors (Lipinski definition) is 1. The third kappa shape index (κ3) is 1.76. The third-order valence-corrected chi connectivity index (χ3v) is 6.98. The van der Waals surface area contributed by atoms with Gasteiger partial charge in [-0.15, -0.1) is 0 Å². The van der Waals surface area contributed by atoms with Gasteiger partial charge in [0, 0.05) is 23.5 Å². The monoisotopic (exact) mass is 374 g/mol. The summed E-state index contributed by atoms with van der Waals surface area (Å²) in [5.74, 6) is 0.517. The zero-order valence-electron chi connectivity index (χ0n) is 16.4. The third-order valence-electron chi connectivity index (χ3n) is 6.98. The summed E-state index contributed by atoms with van der Waals surface area (Å²) in [6.07, 6.45) is 2.10. The zero-order valence-corrected chi connectivity index (χ0v) is 16.4. The molecule has 0 radical (unpaired) electrons. The summed E-state index contributed by atoms with van der Waals surface area (Å²) in [6, 6.07) is 24.5. The van der Waals surface area contributed by atoms with Gasteiger partial charge in [-0.05, 0) is 46.4 Å². The number of hydrogen-bond donors (Lipinski definition) is 0. The van der Waals surface area contributed by atoms with Gasteiger partial charge in [-0.3, -0.25) is 0 Å². The van der Waals surface area contributed by atoms with Crippen molar-refractivity contribution >= 4 is 22.1 Å². The molecule has 3 aliphatic carbocycles. The van der Waals surface area contributed by atoms with Crippen LogP contribution in [0.1, 0.15) is 50.8 Å². The van der Waals surface area contributed by atoms with E-state index in [-0.39, 0.29) is 11.8 Å². The van der Waals surface area contributed by atoms with Crippen LogP contribution in [0.2, 0.25) is 0 Å². The van der Waals surface area contributed by atoms with Crippen molar-refractivity contribution in [1.82, 2.24) is 0 Å². The highest BCUT2D eigenvalue weighted by atomic mass is 16.3. The maximum absolute atomic E-state index is 6.57. The SMILES string of the molecule is Cc1cc2c(c3oc4ccc[n+](C)c4c13)C1c3ccccc3C2c2ccccc21. The molecule has 2 bridgehead atoms. The first-order chi connectivity index (χ1) is 14.2. The maximum Gasteiger partial charge on any atom is 0.259 e. The fraction of sp³-hybridized carbons (Fsp3) is 0.148. The lowest BCUT2D eigenvalue weighted by Gasteiger charge is -2.42. The van der Waals surface area contributed by atoms with Gasteiger partial charge in [0.15, 0.2) is 11.8 Å². The Morgan fingerprint density at radius 3 is 2.03 bits per heavy atom. The molecule has 3 aliphatic rings. The lowest BCUT2D eigenvalue weighted by molar-refractivity contribution is -0.644. The van der Waals surface area contributed by atoms with Gasteiger partial charge in [-0.1, -0.05) is 54.6 Å². The second kappa shape index (κ2) is 5.15. The molecule has 0 aliphatic heterocycles. The van der Waals surface area contributed by atoms with Crippen LogP contribution < -0.4 is 4.57 Å². The predicted octanol–water partition coefficient (Wildman–Crippen LogP) is 5.71. The Hall–Kier alpha value is -3.39. The van der Waals surface area contributed by atoms with Crippen molar-refractivity contribution in [3.8, 4) is 0 Å². The van der Waals surface area contributed by atoms with Crippen LogP contribution in [-0.4, -0.2) is 0 Å². The number of fused-ring (bicyclic) bond motifs is 3. The standard InChI is InChI=1S/C27H20NO/c1-15-14-20-23-16-8-3-5-10-18(16)24(19-11-6-4-9-17(19)23)25(20)27-22(15)26-21(29-27)12-7-13-28(26)2/h3-14,23-24H,1-2H3/q+1. The number of aromatic nitrogens is 1. The minimum Gasteiger partial charge on any atom is -0.449 e. The van der Waals surface area contributed by atoms with E-state index in [0.717, 1.165) is 11.2 Å². The smallest absolute Gasteiger partial charge is 0.259 e. The van der Waals surface area contributed by atoms with Gasteiger partial charge in [0.05, 0.1) is 5.39 Å². The maximum atomic E-state index is 6.57. The molecule has 8 rings (SSSR count). The van der Waals surface area contributed by atoms with Crippen LogP contribution in [0.3, 0.4) is 0 Å². The highest BCUT2D eigenvalue weighted by Gasteiger charge is 2.43. The molecule has 3 aromatic carbocycles. The molecule has 0 saturated carbocycles. The van der Waals surface area contributed by atoms with Crippen molar-refractivity contribution in [3.63, 3.8) is 0 Å². The average molecular weight is 374 g/mol. The normalized spacial score (nSPS) is 18.7. The highest BCUT2D eigenvalue weighted by Crippen LogP contribution is 2.58. The Morgan fingerprint density at radius 2 is 1.38 bits per heavy atom. The molecule has 0 saturated heterocycles. The Morgan fingerprint density at radius 1 is 0.759 bits per heavy atom. The minimum atomic E-state index is 0.233. The number of aryl methyl sites for hydroxylation is 2. The zero-order chi connectivity index (χ0) is 19.3. The molecule has 29 heavy (non-hydrogen) atoms. The molecule has 138 valence electrons. The van der Waals surface area contributed by atoms with Crippen molar-refractivity contribution < 1.29 is 8.98 Å². The molecular formula is C27H20NO+. The summed E-state index contributed by atoms with van der Waals surface area (Å²) in [4.78, 5) is 0. The molecule has 2 heteroatoms. The first-order valence-electron chi connectivity index (χ1n) is 10.3. The highest BCUT2D eigenvalue weighted by molar-refractivity contribution is 6.05. The number of pyridine rings is 1. The molecule has 2 aromatic heterocycles. The molecule has 0 fully saturated rings. The van der Waals surface area contributed by atoms with Crippen LogP contribution in [-0.2, 0) is 7.05 Å². The first-order valence-corrected chi connectivity index (χ1v) is 10.3. The average Bonchev–Trinajstić information content (AvgIpc) is 3.15. The number of furan rings is 1. The molecule has 0 atom stereocenters. The van der Waals surface area contributed by atoms with Crippen molar-refractivity contribution in [1.29, 1.82) is 0 Å². The fourth-order valence-electron chi connectivity index (χ4n) is 5.90. The second-order valence-electron chi connectivity index (χ2n) is 8.46. The molecule has 2 heterocycles. The van der Waals surface area contributed by atoms with Crippen molar-refractivity contribution in [2.24, 2.45) is 7.05 Å². The van der Waals surface area contributed by atoms with E-state index in [4.69, 9.17) is 4.42 Å². The molecule has 5 aromatic rings. The van der Waals surface area contributed by atoms with Gasteiger partial charge in [0.25, 0.3) is 5.52 Å². The van der Waals surface area contributed by atoms with Crippen LogP contribution >= 0.6 is 0 Å². The summed E-state index contributed by atoms with van der Waals surface area (Å²) < 4.78 is 8.76. The Labute approximate surface area is 169 Å². The van der Waals surface area contributed by atoms with E-state index in [1.165, 1.54) is 49.8 Å². The van der Waals surface area contributed by atoms with Crippen molar-refractivity contribution in [2.75, 3.05) is 0 Å². The largest absolute Gasteiger partial charge is 0.449 e. The van der Waals surface area contributed by atoms with E-state index in [1.54, 1.807) is 0 Å². The number of nitrogens with zero attached hydrogens (tertiary/aromatic N) is 1. The van der Waals surface area contributed by atoms with Gasteiger partial charge < -0.3 is 4.42 Å². The van der Waals surface area contributed by atoms with Crippen LogP contribution in [0.4, 0.5) is 0 Å². The quantitative estimate of drug-likeness (QED) is 0.311. The molecular weight excluding hydrogens is 354 g/mol. The summed E-state index contributed by atoms with van der Waals surface area (Å²) in [5.41, 5.74) is 13.0. The van der Waals surface area contributed by atoms with Gasteiger partial charge in [0.2, 0.25) is 0 Å². The van der Waals surface area contributed by atoms with Gasteiger partial charge >= 0.3 is 0 Å². The van der Waals surface area contributed by atoms with E-state index in [1.807, 2.05) is 0 Å². The molecule has 0 amide bonds. The van der Waals surface area contributed by atoms with Crippen LogP contribution in [0.15, 0.2) is 77.3 Å². The summed E-state index contributed by atoms with van der Waals surface area (Å²) in [6.45, 7) is 2.23. The minimum absolute atomic E-state index is 0.233. The summed E-state index contributed by atoms with van der Waals surface area (Å²) in [7, 11) is 2.10. The number of rotatable bonds is 0. The second-order valence-corrected chi connectivity index (χ2v) is 8.46. The Bertz CT molecular complexity index is 1440. The predicted molar refractivity (Wildman–Crippen MR) is 114 cm³/mol. The Balaban J connectivity index is 1.69. The van der Waals surface area contributed by atoms with Gasteiger partial charge in [0.1, 0.15) is 12.6 Å². The van der Waals surface area contributed by atoms with Crippen molar-refractivity contribution in [2.45, 2.75) is 18.8 Å². The van der Waals surface area contributed by atoms with E-state index in [9.17, 15) is 0 Å². The molecule has 0 spiro atoms. The summed E-state index contributed by atoms with van der Waals surface area (Å²) >= 11 is 0. The molecule has 0 N–H and O–H groups in total. The van der Waals surface area contributed by atoms with Crippen LogP contribution in [0.25, 0.3) is 22.1 Å². The van der Waals surface area contributed by atoms with E-state index < -0.39 is 0 Å². The van der Waals surface area contributed by atoms with Crippen LogP contribution in [0, 0.1) is 6.92 Å². The lowest BCUT2D eigenvalue weighted by atomic mass is 9.60. The first kappa shape index (κ1) is 15.5. The van der Waals surface area contributed by atoms with E-state index in [0.29, 0.717) is 0 Å². The number of benzene rings is 3. The van der Waals surface area contributed by atoms with Gasteiger partial charge in [-0.2, -0.15) is 4.57 Å². The summed E-state index contributed by atoms with van der Waals surface area (Å²) in [5, 5.41) is 1.25. The lowest BCUT2D eigenvalue weighted by Crippen LogP contribution is -2.28. The van der Waals surface area contributed by atoms with E-state index >= 15 is 0 Å².